The van der Waals surface area contributed by atoms with Crippen molar-refractivity contribution < 1.29 is 4.79 Å². The second kappa shape index (κ2) is 7.60. The highest BCUT2D eigenvalue weighted by Gasteiger charge is 2.21. The summed E-state index contributed by atoms with van der Waals surface area (Å²) in [5.41, 5.74) is 5.80. The number of nitrogens with zero attached hydrogens (tertiary/aromatic N) is 2. The number of nitrogens with one attached hydrogen (secondary N) is 1. The average molecular weight is 337 g/mol. The molecule has 0 unspecified atom stereocenters. The van der Waals surface area contributed by atoms with Crippen LogP contribution >= 0.6 is 0 Å². The molecule has 0 radical (unpaired) electrons. The molecule has 25 heavy (non-hydrogen) atoms. The van der Waals surface area contributed by atoms with Crippen molar-refractivity contribution >= 4 is 17.4 Å². The molecule has 3 rings (SSSR count). The molecule has 4 nitrogen and oxygen atoms in total. The first-order valence-corrected chi connectivity index (χ1v) is 9.03. The first-order valence-electron chi connectivity index (χ1n) is 9.03. The van der Waals surface area contributed by atoms with E-state index >= 15 is 0 Å². The molecule has 1 N–H and O–H groups in total. The Morgan fingerprint density at radius 2 is 1.56 bits per heavy atom. The van der Waals surface area contributed by atoms with Gasteiger partial charge in [0.25, 0.3) is 0 Å². The van der Waals surface area contributed by atoms with Crippen LogP contribution in [0.1, 0.15) is 23.6 Å². The monoisotopic (exact) mass is 337 g/mol. The average Bonchev–Trinajstić information content (AvgIpc) is 2.61. The molecule has 4 heteroatoms. The Bertz CT molecular complexity index is 711. The predicted octanol–water partition coefficient (Wildman–Crippen LogP) is 4.22. The van der Waals surface area contributed by atoms with Gasteiger partial charge in [-0.15, -0.1) is 0 Å². The third kappa shape index (κ3) is 4.32. The number of carbonyl (C=O) groups is 1. The fourth-order valence-corrected chi connectivity index (χ4v) is 3.36. The maximum atomic E-state index is 12.5. The van der Waals surface area contributed by atoms with Gasteiger partial charge in [-0.05, 0) is 61.2 Å². The SMILES string of the molecule is CCc1ccc(N2CCN(C(=O)Nc3cc(C)cc(C)c3)CC2)cc1. The number of hydrogen-bond donors (Lipinski definition) is 1. The summed E-state index contributed by atoms with van der Waals surface area (Å²) in [5, 5.41) is 3.03. The Labute approximate surface area is 150 Å². The number of piperazine rings is 1. The second-order valence-corrected chi connectivity index (χ2v) is 6.80. The van der Waals surface area contributed by atoms with E-state index < -0.39 is 0 Å². The summed E-state index contributed by atoms with van der Waals surface area (Å²) in [7, 11) is 0. The zero-order valence-electron chi connectivity index (χ0n) is 15.4. The number of hydrogen-bond acceptors (Lipinski definition) is 2. The summed E-state index contributed by atoms with van der Waals surface area (Å²) in [4.78, 5) is 16.8. The van der Waals surface area contributed by atoms with Gasteiger partial charge in [0.15, 0.2) is 0 Å². The highest BCUT2D eigenvalue weighted by molar-refractivity contribution is 5.89. The van der Waals surface area contributed by atoms with E-state index in [0.717, 1.165) is 49.4 Å². The summed E-state index contributed by atoms with van der Waals surface area (Å²) in [5.74, 6) is 0. The van der Waals surface area contributed by atoms with Crippen LogP contribution in [0, 0.1) is 13.8 Å². The maximum absolute atomic E-state index is 12.5. The van der Waals surface area contributed by atoms with E-state index in [0.29, 0.717) is 0 Å². The molecule has 0 aliphatic carbocycles. The zero-order valence-corrected chi connectivity index (χ0v) is 15.4. The Morgan fingerprint density at radius 3 is 2.12 bits per heavy atom. The van der Waals surface area contributed by atoms with Crippen molar-refractivity contribution in [2.45, 2.75) is 27.2 Å². The van der Waals surface area contributed by atoms with Gasteiger partial charge in [-0.3, -0.25) is 0 Å². The maximum Gasteiger partial charge on any atom is 0.321 e. The van der Waals surface area contributed by atoms with Crippen LogP contribution in [0.3, 0.4) is 0 Å². The van der Waals surface area contributed by atoms with Gasteiger partial charge in [-0.1, -0.05) is 25.1 Å². The van der Waals surface area contributed by atoms with E-state index in [1.54, 1.807) is 0 Å². The van der Waals surface area contributed by atoms with Crippen LogP contribution < -0.4 is 10.2 Å². The number of carbonyl (C=O) groups excluding carboxylic acids is 1. The zero-order chi connectivity index (χ0) is 17.8. The molecule has 1 aliphatic rings. The quantitative estimate of drug-likeness (QED) is 0.910. The molecule has 1 aliphatic heterocycles. The first kappa shape index (κ1) is 17.3. The van der Waals surface area contributed by atoms with Gasteiger partial charge >= 0.3 is 6.03 Å². The van der Waals surface area contributed by atoms with Crippen molar-refractivity contribution in [1.29, 1.82) is 0 Å². The van der Waals surface area contributed by atoms with Crippen LogP contribution in [-0.4, -0.2) is 37.1 Å². The van der Waals surface area contributed by atoms with E-state index in [-0.39, 0.29) is 6.03 Å². The Hall–Kier alpha value is -2.49. The van der Waals surface area contributed by atoms with Crippen LogP contribution in [0.2, 0.25) is 0 Å². The fraction of sp³-hybridized carbons (Fsp3) is 0.381. The van der Waals surface area contributed by atoms with Gasteiger partial charge in [0.2, 0.25) is 0 Å². The lowest BCUT2D eigenvalue weighted by Gasteiger charge is -2.36. The summed E-state index contributed by atoms with van der Waals surface area (Å²) >= 11 is 0. The molecular weight excluding hydrogens is 310 g/mol. The minimum atomic E-state index is -0.00835. The van der Waals surface area contributed by atoms with Gasteiger partial charge in [-0.2, -0.15) is 0 Å². The molecular formula is C21H27N3O. The van der Waals surface area contributed by atoms with Crippen LogP contribution in [0.25, 0.3) is 0 Å². The van der Waals surface area contributed by atoms with Crippen LogP contribution in [0.15, 0.2) is 42.5 Å². The normalized spacial score (nSPS) is 14.5. The topological polar surface area (TPSA) is 35.6 Å². The van der Waals surface area contributed by atoms with Crippen LogP contribution in [0.5, 0.6) is 0 Å². The minimum absolute atomic E-state index is 0.00835. The van der Waals surface area contributed by atoms with E-state index in [1.165, 1.54) is 11.3 Å². The number of rotatable bonds is 3. The van der Waals surface area contributed by atoms with Gasteiger partial charge in [0.1, 0.15) is 0 Å². The minimum Gasteiger partial charge on any atom is -0.368 e. The lowest BCUT2D eigenvalue weighted by Crippen LogP contribution is -2.50. The lowest BCUT2D eigenvalue weighted by molar-refractivity contribution is 0.208. The number of amides is 2. The first-order chi connectivity index (χ1) is 12.0. The third-order valence-electron chi connectivity index (χ3n) is 4.75. The van der Waals surface area contributed by atoms with Crippen molar-refractivity contribution in [3.8, 4) is 0 Å². The van der Waals surface area contributed by atoms with E-state index in [1.807, 2.05) is 30.9 Å². The van der Waals surface area contributed by atoms with E-state index in [2.05, 4.69) is 47.5 Å². The molecule has 0 atom stereocenters. The van der Waals surface area contributed by atoms with E-state index in [9.17, 15) is 4.79 Å². The molecule has 2 aromatic rings. The smallest absolute Gasteiger partial charge is 0.321 e. The molecule has 0 bridgehead atoms. The van der Waals surface area contributed by atoms with Crippen LogP contribution in [-0.2, 0) is 6.42 Å². The van der Waals surface area contributed by atoms with Gasteiger partial charge in [0.05, 0.1) is 0 Å². The molecule has 1 saturated heterocycles. The number of benzene rings is 2. The number of anilines is 2. The highest BCUT2D eigenvalue weighted by Crippen LogP contribution is 2.19. The molecule has 2 aromatic carbocycles. The highest BCUT2D eigenvalue weighted by atomic mass is 16.2. The summed E-state index contributed by atoms with van der Waals surface area (Å²) in [6.45, 7) is 9.48. The lowest BCUT2D eigenvalue weighted by atomic mass is 10.1. The second-order valence-electron chi connectivity index (χ2n) is 6.80. The van der Waals surface area contributed by atoms with Crippen LogP contribution in [0.4, 0.5) is 16.2 Å². The molecule has 132 valence electrons. The van der Waals surface area contributed by atoms with Crippen molar-refractivity contribution in [1.82, 2.24) is 4.90 Å². The Balaban J connectivity index is 1.56. The number of aryl methyl sites for hydroxylation is 3. The van der Waals surface area contributed by atoms with Gasteiger partial charge in [0, 0.05) is 37.6 Å². The summed E-state index contributed by atoms with van der Waals surface area (Å²) in [6.07, 6.45) is 1.06. The van der Waals surface area contributed by atoms with Crippen molar-refractivity contribution in [3.05, 3.63) is 59.2 Å². The summed E-state index contributed by atoms with van der Waals surface area (Å²) < 4.78 is 0. The molecule has 2 amide bonds. The molecule has 0 aromatic heterocycles. The van der Waals surface area contributed by atoms with Crippen molar-refractivity contribution in [2.24, 2.45) is 0 Å². The fourth-order valence-electron chi connectivity index (χ4n) is 3.36. The standard InChI is InChI=1S/C21H27N3O/c1-4-18-5-7-20(8-6-18)23-9-11-24(12-10-23)21(25)22-19-14-16(2)13-17(3)15-19/h5-8,13-15H,4,9-12H2,1-3H3,(H,22,25). The Kier molecular flexibility index (Phi) is 5.27. The molecule has 0 spiro atoms. The van der Waals surface area contributed by atoms with Gasteiger partial charge < -0.3 is 15.1 Å². The third-order valence-corrected chi connectivity index (χ3v) is 4.75. The van der Waals surface area contributed by atoms with Gasteiger partial charge in [-0.25, -0.2) is 4.79 Å². The largest absolute Gasteiger partial charge is 0.368 e. The van der Waals surface area contributed by atoms with E-state index in [4.69, 9.17) is 0 Å². The van der Waals surface area contributed by atoms with Crippen molar-refractivity contribution in [2.75, 3.05) is 36.4 Å². The number of urea groups is 1. The van der Waals surface area contributed by atoms with Crippen molar-refractivity contribution in [3.63, 3.8) is 0 Å². The molecule has 1 fully saturated rings. The Morgan fingerprint density at radius 1 is 0.960 bits per heavy atom. The predicted molar refractivity (Wildman–Crippen MR) is 105 cm³/mol. The summed E-state index contributed by atoms with van der Waals surface area (Å²) in [6, 6.07) is 14.9. The molecule has 1 heterocycles. The molecule has 0 saturated carbocycles.